The summed E-state index contributed by atoms with van der Waals surface area (Å²) in [7, 11) is 0. The quantitative estimate of drug-likeness (QED) is 0.123. The molecule has 8 rings (SSSR count). The van der Waals surface area contributed by atoms with Crippen molar-refractivity contribution in [3.8, 4) is 0 Å². The van der Waals surface area contributed by atoms with Gasteiger partial charge in [0.05, 0.1) is 38.7 Å². The molecule has 0 radical (unpaired) electrons. The minimum absolute atomic E-state index is 0.0000793. The molecule has 3 aromatic rings. The van der Waals surface area contributed by atoms with Gasteiger partial charge in [-0.15, -0.1) is 0 Å². The maximum absolute atomic E-state index is 14.1. The van der Waals surface area contributed by atoms with Gasteiger partial charge in [0.2, 0.25) is 22.9 Å². The topological polar surface area (TPSA) is 121 Å². The smallest absolute Gasteiger partial charge is 0.335 e. The first-order chi connectivity index (χ1) is 28.9. The first-order valence-corrected chi connectivity index (χ1v) is 21.7. The summed E-state index contributed by atoms with van der Waals surface area (Å²) in [6, 6.07) is 19.3. The van der Waals surface area contributed by atoms with Crippen molar-refractivity contribution in [2.75, 3.05) is 24.5 Å². The summed E-state index contributed by atoms with van der Waals surface area (Å²) in [4.78, 5) is 42.2. The van der Waals surface area contributed by atoms with Gasteiger partial charge in [-0.2, -0.15) is 9.15 Å². The third-order valence-electron chi connectivity index (χ3n) is 13.7. The number of anilines is 1. The van der Waals surface area contributed by atoms with Crippen molar-refractivity contribution in [1.82, 2.24) is 0 Å². The zero-order chi connectivity index (χ0) is 43.9. The van der Waals surface area contributed by atoms with E-state index in [4.69, 9.17) is 0 Å². The lowest BCUT2D eigenvalue weighted by molar-refractivity contribution is -0.438. The first kappa shape index (κ1) is 41.6. The van der Waals surface area contributed by atoms with Gasteiger partial charge >= 0.3 is 5.97 Å². The molecular weight excluding hydrogens is 763 g/mol. The Balaban J connectivity index is 1.13. The van der Waals surface area contributed by atoms with Gasteiger partial charge in [0.25, 0.3) is 0 Å². The van der Waals surface area contributed by atoms with Crippen LogP contribution in [-0.4, -0.2) is 73.1 Å². The predicted octanol–water partition coefficient (Wildman–Crippen LogP) is 10.2. The molecule has 5 aliphatic rings. The Morgan fingerprint density at radius 1 is 0.689 bits per heavy atom. The third kappa shape index (κ3) is 6.21. The average Bonchev–Trinajstić information content (AvgIpc) is 3.69. The maximum atomic E-state index is 14.1. The number of hydrogen-bond acceptors (Lipinski definition) is 6. The number of para-hydroxylation sites is 1. The van der Waals surface area contributed by atoms with E-state index in [-0.39, 0.29) is 50.8 Å². The summed E-state index contributed by atoms with van der Waals surface area (Å²) >= 11 is 0. The molecule has 9 nitrogen and oxygen atoms in total. The lowest BCUT2D eigenvalue weighted by Gasteiger charge is -2.29. The second-order valence-corrected chi connectivity index (χ2v) is 18.5. The van der Waals surface area contributed by atoms with Crippen LogP contribution in [0.5, 0.6) is 0 Å². The lowest BCUT2D eigenvalue weighted by Crippen LogP contribution is -2.32. The van der Waals surface area contributed by atoms with Crippen LogP contribution in [0.1, 0.15) is 121 Å². The molecule has 3 aromatic carbocycles. The highest BCUT2D eigenvalue weighted by molar-refractivity contribution is 6.40. The van der Waals surface area contributed by atoms with Gasteiger partial charge in [-0.3, -0.25) is 9.59 Å². The zero-order valence-electron chi connectivity index (χ0n) is 36.9. The molecule has 0 aromatic heterocycles. The van der Waals surface area contributed by atoms with Gasteiger partial charge in [0, 0.05) is 65.2 Å². The monoisotopic (exact) mass is 819 g/mol. The third-order valence-corrected chi connectivity index (χ3v) is 13.7. The number of hydrogen-bond donors (Lipinski definition) is 3. The Morgan fingerprint density at radius 3 is 1.92 bits per heavy atom. The fraction of sp³-hybridized carbons (Fsp3) is 0.365. The first-order valence-electron chi connectivity index (χ1n) is 21.7. The average molecular weight is 820 g/mol. The highest BCUT2D eigenvalue weighted by Crippen LogP contribution is 2.50. The number of benzene rings is 3. The molecule has 0 unspecified atom stereocenters. The SMILES string of the molecule is CCCCN1/C(=C/C2=C(O)C(=C\C3=[N+](CCCC)c4ccc(C5=C(O)/C(=C/C6=[N+](CC)c7ccc(C(=O)O)cc7C6(C)C)C5=O)cc4C3(C)C)/C2=O)C(C)(C)c2ccccc21. The van der Waals surface area contributed by atoms with E-state index < -0.39 is 16.8 Å². The van der Waals surface area contributed by atoms with Gasteiger partial charge in [0.1, 0.15) is 24.6 Å². The molecule has 0 fully saturated rings. The van der Waals surface area contributed by atoms with E-state index in [2.05, 4.69) is 73.8 Å². The Bertz CT molecular complexity index is 2710. The van der Waals surface area contributed by atoms with Gasteiger partial charge < -0.3 is 20.2 Å². The number of aliphatic hydroxyl groups is 2. The number of carboxylic acids is 1. The van der Waals surface area contributed by atoms with Crippen molar-refractivity contribution in [3.05, 3.63) is 141 Å². The molecule has 9 heteroatoms. The molecule has 3 N–H and O–H groups in total. The summed E-state index contributed by atoms with van der Waals surface area (Å²) in [5, 5.41) is 32.9. The normalized spacial score (nSPS) is 21.5. The van der Waals surface area contributed by atoms with Crippen LogP contribution in [0.4, 0.5) is 17.1 Å². The van der Waals surface area contributed by atoms with Crippen LogP contribution in [0.25, 0.3) is 5.57 Å². The minimum atomic E-state index is -1.00. The van der Waals surface area contributed by atoms with E-state index in [1.807, 2.05) is 63.3 Å². The van der Waals surface area contributed by atoms with Crippen LogP contribution >= 0.6 is 0 Å². The molecule has 0 bridgehead atoms. The molecular formula is C52H57N3O6+2. The van der Waals surface area contributed by atoms with Crippen molar-refractivity contribution in [2.45, 2.75) is 104 Å². The zero-order valence-corrected chi connectivity index (χ0v) is 36.9. The number of rotatable bonds is 12. The van der Waals surface area contributed by atoms with Gasteiger partial charge in [-0.05, 0) is 88.6 Å². The van der Waals surface area contributed by atoms with E-state index in [1.165, 1.54) is 5.56 Å². The van der Waals surface area contributed by atoms with Crippen LogP contribution in [-0.2, 0) is 25.8 Å². The molecule has 0 spiro atoms. The predicted molar refractivity (Wildman–Crippen MR) is 241 cm³/mol. The van der Waals surface area contributed by atoms with E-state index in [0.717, 1.165) is 77.5 Å². The van der Waals surface area contributed by atoms with Crippen molar-refractivity contribution < 1.29 is 38.9 Å². The highest BCUT2D eigenvalue weighted by atomic mass is 16.4. The van der Waals surface area contributed by atoms with Crippen molar-refractivity contribution in [1.29, 1.82) is 0 Å². The number of unbranched alkanes of at least 4 members (excludes halogenated alkanes) is 2. The molecule has 3 aliphatic heterocycles. The largest absolute Gasteiger partial charge is 0.506 e. The second kappa shape index (κ2) is 14.8. The summed E-state index contributed by atoms with van der Waals surface area (Å²) < 4.78 is 4.29. The van der Waals surface area contributed by atoms with E-state index >= 15 is 0 Å². The fourth-order valence-corrected chi connectivity index (χ4v) is 10.1. The highest BCUT2D eigenvalue weighted by Gasteiger charge is 2.50. The van der Waals surface area contributed by atoms with Gasteiger partial charge in [0.15, 0.2) is 11.4 Å². The standard InChI is InChI=1S/C52H55N3O6/c1-10-13-23-54-38-18-16-15-17-35(38)50(4,5)42(54)27-32-45(56)33(46(32)57)28-43-52(8,9)36-25-30(19-21-40(36)55(43)24-14-11-2)44-47(58)34(48(44)59)29-41-51(6,7)37-26-31(49(60)61)20-22-39(37)53(41)12-3/h15-22,25-29H,10-14,23-24H2,1-9H3,(H-2,56,57,58,59,60,61)/p+2. The van der Waals surface area contributed by atoms with Gasteiger partial charge in [-0.25, -0.2) is 4.79 Å². The molecule has 0 amide bonds. The molecule has 0 saturated heterocycles. The Kier molecular flexibility index (Phi) is 10.1. The molecule has 3 heterocycles. The van der Waals surface area contributed by atoms with E-state index in [9.17, 15) is 29.7 Å². The van der Waals surface area contributed by atoms with Crippen LogP contribution < -0.4 is 4.90 Å². The van der Waals surface area contributed by atoms with Crippen molar-refractivity contribution >= 4 is 51.6 Å². The van der Waals surface area contributed by atoms with Crippen LogP contribution in [0.15, 0.2) is 113 Å². The maximum Gasteiger partial charge on any atom is 0.335 e. The number of aromatic carboxylic acids is 1. The number of nitrogens with zero attached hydrogens (tertiary/aromatic N) is 3. The minimum Gasteiger partial charge on any atom is -0.506 e. The van der Waals surface area contributed by atoms with Crippen molar-refractivity contribution in [3.63, 3.8) is 0 Å². The Hall–Kier alpha value is -6.09. The molecule has 61 heavy (non-hydrogen) atoms. The summed E-state index contributed by atoms with van der Waals surface area (Å²) in [6.07, 6.45) is 9.40. The Labute approximate surface area is 358 Å². The second-order valence-electron chi connectivity index (χ2n) is 18.5. The lowest BCUT2D eigenvalue weighted by atomic mass is 9.75. The van der Waals surface area contributed by atoms with Crippen LogP contribution in [0.2, 0.25) is 0 Å². The number of aliphatic hydroxyl groups excluding tert-OH is 2. The van der Waals surface area contributed by atoms with E-state index in [0.29, 0.717) is 24.2 Å². The number of ketones is 2. The summed E-state index contributed by atoms with van der Waals surface area (Å²) in [5.41, 5.74) is 9.02. The fourth-order valence-electron chi connectivity index (χ4n) is 10.1. The number of allylic oxidation sites excluding steroid dienone is 8. The molecule has 0 saturated carbocycles. The molecule has 0 atom stereocenters. The number of fused-ring (bicyclic) bond motifs is 3. The molecule has 2 aliphatic carbocycles. The number of carboxylic acid groups (broad SMARTS) is 1. The number of Topliss-reactive ketones (excluding diaryl/α,β-unsaturated/α-hetero) is 2. The number of carbonyl (C=O) groups is 3. The van der Waals surface area contributed by atoms with Gasteiger partial charge in [-0.1, -0.05) is 58.7 Å². The molecule has 314 valence electrons. The summed E-state index contributed by atoms with van der Waals surface area (Å²) in [6.45, 7) is 21.0. The summed E-state index contributed by atoms with van der Waals surface area (Å²) in [5.74, 6) is -1.52. The number of carbonyl (C=O) groups excluding carboxylic acids is 2. The van der Waals surface area contributed by atoms with Crippen LogP contribution in [0.3, 0.4) is 0 Å². The van der Waals surface area contributed by atoms with Crippen LogP contribution in [0, 0.1) is 0 Å². The van der Waals surface area contributed by atoms with E-state index in [1.54, 1.807) is 18.2 Å². The van der Waals surface area contributed by atoms with Crippen molar-refractivity contribution in [2.24, 2.45) is 0 Å². The Morgan fingerprint density at radius 2 is 1.30 bits per heavy atom.